The molecule has 4 rings (SSSR count). The van der Waals surface area contributed by atoms with Crippen LogP contribution in [0.4, 0.5) is 5.13 Å². The summed E-state index contributed by atoms with van der Waals surface area (Å²) in [5.74, 6) is 1.03. The van der Waals surface area contributed by atoms with E-state index in [0.29, 0.717) is 27.5 Å². The number of hydrogen-bond acceptors (Lipinski definition) is 6. The molecule has 0 aliphatic heterocycles. The summed E-state index contributed by atoms with van der Waals surface area (Å²) in [5, 5.41) is 7.87. The molecular formula is C14H11N3O2S2. The predicted molar refractivity (Wildman–Crippen MR) is 81.9 cm³/mol. The van der Waals surface area contributed by atoms with Gasteiger partial charge < -0.3 is 4.42 Å². The van der Waals surface area contributed by atoms with Crippen LogP contribution in [-0.2, 0) is 0 Å². The fourth-order valence-electron chi connectivity index (χ4n) is 1.96. The number of anilines is 1. The maximum Gasteiger partial charge on any atom is 0.276 e. The average molecular weight is 317 g/mol. The zero-order valence-corrected chi connectivity index (χ0v) is 12.5. The van der Waals surface area contributed by atoms with E-state index < -0.39 is 0 Å². The number of furan rings is 1. The molecular weight excluding hydrogens is 306 g/mol. The molecule has 7 heteroatoms. The molecule has 1 amide bonds. The number of thiazole rings is 2. The summed E-state index contributed by atoms with van der Waals surface area (Å²) < 4.78 is 5.27. The average Bonchev–Trinajstić information content (AvgIpc) is 2.94. The minimum atomic E-state index is -0.235. The van der Waals surface area contributed by atoms with Gasteiger partial charge in [-0.1, -0.05) is 0 Å². The monoisotopic (exact) mass is 317 g/mol. The first kappa shape index (κ1) is 12.7. The Bertz CT molecular complexity index is 772. The molecule has 1 saturated carbocycles. The molecule has 106 valence electrons. The molecule has 0 atom stereocenters. The lowest BCUT2D eigenvalue weighted by atomic mass is 10.3. The lowest BCUT2D eigenvalue weighted by Crippen LogP contribution is -2.12. The van der Waals surface area contributed by atoms with E-state index in [-0.39, 0.29) is 5.91 Å². The molecule has 0 aromatic carbocycles. The summed E-state index contributed by atoms with van der Waals surface area (Å²) >= 11 is 2.84. The third-order valence-corrected chi connectivity index (χ3v) is 4.84. The lowest BCUT2D eigenvalue weighted by Gasteiger charge is -1.97. The highest BCUT2D eigenvalue weighted by Crippen LogP contribution is 2.40. The van der Waals surface area contributed by atoms with Crippen LogP contribution in [0.15, 0.2) is 33.6 Å². The second-order valence-corrected chi connectivity index (χ2v) is 6.54. The topological polar surface area (TPSA) is 68.0 Å². The van der Waals surface area contributed by atoms with Gasteiger partial charge >= 0.3 is 0 Å². The summed E-state index contributed by atoms with van der Waals surface area (Å²) in [6.07, 6.45) is 4.00. The summed E-state index contributed by atoms with van der Waals surface area (Å²) in [6.45, 7) is 0. The molecule has 0 radical (unpaired) electrons. The van der Waals surface area contributed by atoms with E-state index in [1.165, 1.54) is 35.5 Å². The van der Waals surface area contributed by atoms with Crippen LogP contribution in [0.2, 0.25) is 0 Å². The van der Waals surface area contributed by atoms with Gasteiger partial charge in [-0.2, -0.15) is 0 Å². The van der Waals surface area contributed by atoms with Crippen molar-refractivity contribution in [1.29, 1.82) is 0 Å². The number of hydrogen-bond donors (Lipinski definition) is 1. The van der Waals surface area contributed by atoms with Gasteiger partial charge in [0.05, 0.1) is 12.0 Å². The van der Waals surface area contributed by atoms with Gasteiger partial charge in [-0.05, 0) is 25.0 Å². The molecule has 3 heterocycles. The van der Waals surface area contributed by atoms with E-state index in [1.807, 2.05) is 11.4 Å². The quantitative estimate of drug-likeness (QED) is 0.790. The SMILES string of the molecule is O=C(Nc1nc(C2CC2)cs1)c1csc(-c2ccco2)n1. The van der Waals surface area contributed by atoms with E-state index in [0.717, 1.165) is 5.69 Å². The molecule has 0 bridgehead atoms. The van der Waals surface area contributed by atoms with Crippen LogP contribution in [-0.4, -0.2) is 15.9 Å². The van der Waals surface area contributed by atoms with E-state index in [2.05, 4.69) is 15.3 Å². The van der Waals surface area contributed by atoms with Crippen molar-refractivity contribution in [2.75, 3.05) is 5.32 Å². The number of aromatic nitrogens is 2. The molecule has 3 aromatic rings. The van der Waals surface area contributed by atoms with Crippen molar-refractivity contribution in [3.63, 3.8) is 0 Å². The van der Waals surface area contributed by atoms with Crippen LogP contribution in [0, 0.1) is 0 Å². The van der Waals surface area contributed by atoms with Gasteiger partial charge in [0.25, 0.3) is 5.91 Å². The van der Waals surface area contributed by atoms with Crippen molar-refractivity contribution in [3.05, 3.63) is 40.5 Å². The highest BCUT2D eigenvalue weighted by atomic mass is 32.1. The molecule has 5 nitrogen and oxygen atoms in total. The highest BCUT2D eigenvalue weighted by Gasteiger charge is 2.26. The van der Waals surface area contributed by atoms with Crippen molar-refractivity contribution in [1.82, 2.24) is 9.97 Å². The highest BCUT2D eigenvalue weighted by molar-refractivity contribution is 7.14. The van der Waals surface area contributed by atoms with Gasteiger partial charge in [0, 0.05) is 16.7 Å². The number of carbonyl (C=O) groups excluding carboxylic acids is 1. The first-order valence-corrected chi connectivity index (χ1v) is 8.32. The zero-order valence-electron chi connectivity index (χ0n) is 10.9. The minimum absolute atomic E-state index is 0.235. The Kier molecular flexibility index (Phi) is 3.08. The van der Waals surface area contributed by atoms with E-state index in [4.69, 9.17) is 4.42 Å². The Labute approximate surface area is 128 Å². The van der Waals surface area contributed by atoms with Crippen LogP contribution in [0.5, 0.6) is 0 Å². The molecule has 1 aliphatic carbocycles. The van der Waals surface area contributed by atoms with Crippen molar-refractivity contribution < 1.29 is 9.21 Å². The third kappa shape index (κ3) is 2.62. The number of carbonyl (C=O) groups is 1. The smallest absolute Gasteiger partial charge is 0.276 e. The molecule has 1 aliphatic rings. The van der Waals surface area contributed by atoms with E-state index >= 15 is 0 Å². The minimum Gasteiger partial charge on any atom is -0.462 e. The van der Waals surface area contributed by atoms with Crippen molar-refractivity contribution in [3.8, 4) is 10.8 Å². The molecule has 1 N–H and O–H groups in total. The molecule has 1 fully saturated rings. The van der Waals surface area contributed by atoms with Crippen molar-refractivity contribution in [2.24, 2.45) is 0 Å². The van der Waals surface area contributed by atoms with Crippen LogP contribution in [0.25, 0.3) is 10.8 Å². The van der Waals surface area contributed by atoms with Gasteiger partial charge in [0.15, 0.2) is 15.9 Å². The molecule has 0 saturated heterocycles. The number of amides is 1. The van der Waals surface area contributed by atoms with Crippen LogP contribution in [0.3, 0.4) is 0 Å². The summed E-state index contributed by atoms with van der Waals surface area (Å²) in [4.78, 5) is 20.9. The fourth-order valence-corrected chi connectivity index (χ4v) is 3.52. The maximum atomic E-state index is 12.2. The largest absolute Gasteiger partial charge is 0.462 e. The third-order valence-electron chi connectivity index (χ3n) is 3.21. The van der Waals surface area contributed by atoms with Gasteiger partial charge in [-0.15, -0.1) is 22.7 Å². The predicted octanol–water partition coefficient (Wildman–Crippen LogP) is 3.99. The van der Waals surface area contributed by atoms with E-state index in [1.54, 1.807) is 17.7 Å². The Morgan fingerprint density at radius 1 is 1.29 bits per heavy atom. The van der Waals surface area contributed by atoms with Crippen LogP contribution in [0.1, 0.15) is 34.9 Å². The normalized spacial score (nSPS) is 14.3. The Morgan fingerprint density at radius 2 is 2.19 bits per heavy atom. The molecule has 3 aromatic heterocycles. The summed E-state index contributed by atoms with van der Waals surface area (Å²) in [7, 11) is 0. The number of rotatable bonds is 4. The standard InChI is InChI=1S/C14H11N3O2S2/c18-12(17-14-16-9(6-21-14)8-3-4-8)10-7-20-13(15-10)11-2-1-5-19-11/h1-2,5-8H,3-4H2,(H,16,17,18). The van der Waals surface area contributed by atoms with Crippen molar-refractivity contribution in [2.45, 2.75) is 18.8 Å². The van der Waals surface area contributed by atoms with Crippen LogP contribution < -0.4 is 5.32 Å². The number of nitrogens with one attached hydrogen (secondary N) is 1. The maximum absolute atomic E-state index is 12.2. The van der Waals surface area contributed by atoms with Crippen LogP contribution >= 0.6 is 22.7 Å². The summed E-state index contributed by atoms with van der Waals surface area (Å²) in [6, 6.07) is 3.62. The Morgan fingerprint density at radius 3 is 2.95 bits per heavy atom. The molecule has 0 unspecified atom stereocenters. The fraction of sp³-hybridized carbons (Fsp3) is 0.214. The second kappa shape index (κ2) is 5.09. The molecule has 21 heavy (non-hydrogen) atoms. The summed E-state index contributed by atoms with van der Waals surface area (Å²) in [5.41, 5.74) is 1.47. The zero-order chi connectivity index (χ0) is 14.2. The van der Waals surface area contributed by atoms with E-state index in [9.17, 15) is 4.79 Å². The first-order chi connectivity index (χ1) is 10.3. The molecule has 0 spiro atoms. The van der Waals surface area contributed by atoms with Crippen molar-refractivity contribution >= 4 is 33.7 Å². The van der Waals surface area contributed by atoms with Gasteiger partial charge in [-0.3, -0.25) is 10.1 Å². The first-order valence-electron chi connectivity index (χ1n) is 6.56. The van der Waals surface area contributed by atoms with Gasteiger partial charge in [0.1, 0.15) is 5.69 Å². The Balaban J connectivity index is 1.49. The second-order valence-electron chi connectivity index (χ2n) is 4.82. The Hall–Kier alpha value is -1.99. The number of nitrogens with zero attached hydrogens (tertiary/aromatic N) is 2. The lowest BCUT2D eigenvalue weighted by molar-refractivity contribution is 0.102. The van der Waals surface area contributed by atoms with Gasteiger partial charge in [-0.25, -0.2) is 9.97 Å². The van der Waals surface area contributed by atoms with Gasteiger partial charge in [0.2, 0.25) is 0 Å².